The van der Waals surface area contributed by atoms with Gasteiger partial charge in [-0.1, -0.05) is 39.0 Å². The van der Waals surface area contributed by atoms with Crippen molar-refractivity contribution in [3.63, 3.8) is 0 Å². The number of hydrogen-bond acceptors (Lipinski definition) is 6. The standard InChI is InChI=1S/C13H17N7O.C7H14/c1-8-11-12(19(2)7-10(21)17-11)18-13(16-8)14-4-9-5-15-20(3)6-9;1-7-5-3-2-4-6-7/h5-6H,4,7H2,1-3H3,(H,17,21)(H,14,16,18);7H,2-6H2,1H3. The first kappa shape index (κ1) is 20.1. The number of hydrogen-bond donors (Lipinski definition) is 2. The van der Waals surface area contributed by atoms with E-state index in [1.54, 1.807) is 10.9 Å². The second-order valence-corrected chi connectivity index (χ2v) is 7.85. The third kappa shape index (κ3) is 5.21. The summed E-state index contributed by atoms with van der Waals surface area (Å²) in [6.45, 7) is 5.11. The van der Waals surface area contributed by atoms with E-state index in [9.17, 15) is 4.79 Å². The van der Waals surface area contributed by atoms with Crippen LogP contribution in [-0.2, 0) is 18.4 Å². The minimum atomic E-state index is -0.0484. The number of anilines is 3. The second kappa shape index (κ2) is 9.03. The number of aromatic nitrogens is 4. The lowest BCUT2D eigenvalue weighted by molar-refractivity contribution is -0.115. The summed E-state index contributed by atoms with van der Waals surface area (Å²) in [5.41, 5.74) is 2.48. The zero-order chi connectivity index (χ0) is 20.1. The van der Waals surface area contributed by atoms with Gasteiger partial charge in [0.25, 0.3) is 0 Å². The summed E-state index contributed by atoms with van der Waals surface area (Å²) in [6, 6.07) is 0. The SMILES string of the molecule is CC1CCCCC1.Cc1nc(NCc2cnn(C)c2)nc2c1NC(=O)CN2C. The van der Waals surface area contributed by atoms with E-state index in [2.05, 4.69) is 32.6 Å². The molecule has 1 aliphatic carbocycles. The first-order valence-electron chi connectivity index (χ1n) is 10.0. The zero-order valence-electron chi connectivity index (χ0n) is 17.3. The van der Waals surface area contributed by atoms with Crippen molar-refractivity contribution in [3.05, 3.63) is 23.7 Å². The fraction of sp³-hybridized carbons (Fsp3) is 0.600. The normalized spacial score (nSPS) is 16.7. The Morgan fingerprint density at radius 2 is 1.96 bits per heavy atom. The van der Waals surface area contributed by atoms with E-state index in [4.69, 9.17) is 0 Å². The van der Waals surface area contributed by atoms with Crippen LogP contribution in [0.1, 0.15) is 50.3 Å². The van der Waals surface area contributed by atoms with E-state index in [0.717, 1.165) is 23.0 Å². The first-order valence-corrected chi connectivity index (χ1v) is 10.0. The topological polar surface area (TPSA) is 88.0 Å². The Bertz CT molecular complexity index is 811. The molecule has 152 valence electrons. The van der Waals surface area contributed by atoms with Crippen LogP contribution in [0.15, 0.2) is 12.4 Å². The van der Waals surface area contributed by atoms with Gasteiger partial charge in [-0.25, -0.2) is 4.98 Å². The van der Waals surface area contributed by atoms with Crippen LogP contribution in [0.4, 0.5) is 17.5 Å². The highest BCUT2D eigenvalue weighted by Crippen LogP contribution is 2.29. The predicted molar refractivity (Wildman–Crippen MR) is 111 cm³/mol. The fourth-order valence-electron chi connectivity index (χ4n) is 3.58. The van der Waals surface area contributed by atoms with Crippen molar-refractivity contribution in [1.29, 1.82) is 0 Å². The maximum absolute atomic E-state index is 11.6. The van der Waals surface area contributed by atoms with Crippen LogP contribution in [0, 0.1) is 12.8 Å². The van der Waals surface area contributed by atoms with Gasteiger partial charge in [0.2, 0.25) is 11.9 Å². The third-order valence-corrected chi connectivity index (χ3v) is 5.18. The molecule has 2 N–H and O–H groups in total. The van der Waals surface area contributed by atoms with Crippen LogP contribution in [-0.4, -0.2) is 39.2 Å². The number of nitrogens with zero attached hydrogens (tertiary/aromatic N) is 5. The number of rotatable bonds is 3. The van der Waals surface area contributed by atoms with Crippen LogP contribution >= 0.6 is 0 Å². The molecule has 0 saturated heterocycles. The molecule has 2 aromatic heterocycles. The molecule has 8 nitrogen and oxygen atoms in total. The van der Waals surface area contributed by atoms with E-state index in [-0.39, 0.29) is 5.91 Å². The van der Waals surface area contributed by atoms with Gasteiger partial charge < -0.3 is 15.5 Å². The lowest BCUT2D eigenvalue weighted by Crippen LogP contribution is -2.36. The molecule has 4 rings (SSSR count). The highest BCUT2D eigenvalue weighted by atomic mass is 16.2. The second-order valence-electron chi connectivity index (χ2n) is 7.85. The van der Waals surface area contributed by atoms with Gasteiger partial charge in [-0.3, -0.25) is 9.48 Å². The Kier molecular flexibility index (Phi) is 6.49. The van der Waals surface area contributed by atoms with Gasteiger partial charge in [-0.2, -0.15) is 10.1 Å². The van der Waals surface area contributed by atoms with E-state index in [1.807, 2.05) is 32.1 Å². The summed E-state index contributed by atoms with van der Waals surface area (Å²) in [5, 5.41) is 10.1. The van der Waals surface area contributed by atoms with E-state index < -0.39 is 0 Å². The molecule has 2 aromatic rings. The Morgan fingerprint density at radius 3 is 2.57 bits per heavy atom. The van der Waals surface area contributed by atoms with Crippen molar-refractivity contribution in [2.24, 2.45) is 13.0 Å². The van der Waals surface area contributed by atoms with Gasteiger partial charge in [-0.15, -0.1) is 0 Å². The molecule has 0 spiro atoms. The number of carbonyl (C=O) groups is 1. The molecule has 0 unspecified atom stereocenters. The molecule has 2 aliphatic rings. The fourth-order valence-corrected chi connectivity index (χ4v) is 3.58. The number of amides is 1. The summed E-state index contributed by atoms with van der Waals surface area (Å²) in [7, 11) is 3.72. The lowest BCUT2D eigenvalue weighted by atomic mass is 9.91. The van der Waals surface area contributed by atoms with Gasteiger partial charge >= 0.3 is 0 Å². The number of aryl methyl sites for hydroxylation is 2. The van der Waals surface area contributed by atoms with Crippen LogP contribution in [0.25, 0.3) is 0 Å². The number of carbonyl (C=O) groups excluding carboxylic acids is 1. The third-order valence-electron chi connectivity index (χ3n) is 5.18. The van der Waals surface area contributed by atoms with Gasteiger partial charge in [0, 0.05) is 32.4 Å². The maximum atomic E-state index is 11.6. The Labute approximate surface area is 166 Å². The Morgan fingerprint density at radius 1 is 1.21 bits per heavy atom. The van der Waals surface area contributed by atoms with Crippen molar-refractivity contribution in [3.8, 4) is 0 Å². The van der Waals surface area contributed by atoms with Crippen molar-refractivity contribution in [1.82, 2.24) is 19.7 Å². The summed E-state index contributed by atoms with van der Waals surface area (Å²) in [5.74, 6) is 2.26. The van der Waals surface area contributed by atoms with Gasteiger partial charge in [0.15, 0.2) is 5.82 Å². The number of likely N-dealkylation sites (N-methyl/N-ethyl adjacent to an activating group) is 1. The van der Waals surface area contributed by atoms with Crippen LogP contribution < -0.4 is 15.5 Å². The number of fused-ring (bicyclic) bond motifs is 1. The monoisotopic (exact) mass is 385 g/mol. The minimum absolute atomic E-state index is 0.0484. The summed E-state index contributed by atoms with van der Waals surface area (Å²) >= 11 is 0. The largest absolute Gasteiger partial charge is 0.350 e. The van der Waals surface area contributed by atoms with E-state index in [1.165, 1.54) is 32.1 Å². The summed E-state index contributed by atoms with van der Waals surface area (Å²) < 4.78 is 1.75. The van der Waals surface area contributed by atoms with Gasteiger partial charge in [-0.05, 0) is 12.8 Å². The smallest absolute Gasteiger partial charge is 0.244 e. The molecule has 1 fully saturated rings. The Hall–Kier alpha value is -2.64. The molecule has 3 heterocycles. The molecular weight excluding hydrogens is 354 g/mol. The average Bonchev–Trinajstić information content (AvgIpc) is 3.07. The number of nitrogens with one attached hydrogen (secondary N) is 2. The summed E-state index contributed by atoms with van der Waals surface area (Å²) in [4.78, 5) is 22.2. The summed E-state index contributed by atoms with van der Waals surface area (Å²) in [6.07, 6.45) is 11.2. The highest BCUT2D eigenvalue weighted by molar-refractivity contribution is 6.00. The molecular formula is C20H31N7O. The van der Waals surface area contributed by atoms with Crippen molar-refractivity contribution < 1.29 is 4.79 Å². The zero-order valence-corrected chi connectivity index (χ0v) is 17.3. The predicted octanol–water partition coefficient (Wildman–Crippen LogP) is 3.11. The minimum Gasteiger partial charge on any atom is -0.350 e. The van der Waals surface area contributed by atoms with Crippen LogP contribution in [0.2, 0.25) is 0 Å². The molecule has 0 radical (unpaired) electrons. The van der Waals surface area contributed by atoms with Crippen molar-refractivity contribution in [2.45, 2.75) is 52.5 Å². The molecule has 1 amide bonds. The van der Waals surface area contributed by atoms with Crippen molar-refractivity contribution >= 4 is 23.4 Å². The molecule has 0 aromatic carbocycles. The first-order chi connectivity index (χ1) is 13.4. The molecule has 28 heavy (non-hydrogen) atoms. The molecule has 1 aliphatic heterocycles. The van der Waals surface area contributed by atoms with Gasteiger partial charge in [0.05, 0.1) is 18.4 Å². The quantitative estimate of drug-likeness (QED) is 0.844. The Balaban J connectivity index is 0.000000271. The van der Waals surface area contributed by atoms with Crippen molar-refractivity contribution in [2.75, 3.05) is 29.1 Å². The van der Waals surface area contributed by atoms with E-state index >= 15 is 0 Å². The molecule has 0 bridgehead atoms. The molecule has 1 saturated carbocycles. The van der Waals surface area contributed by atoms with Crippen LogP contribution in [0.3, 0.4) is 0 Å². The van der Waals surface area contributed by atoms with Gasteiger partial charge in [0.1, 0.15) is 5.69 Å². The van der Waals surface area contributed by atoms with Crippen LogP contribution in [0.5, 0.6) is 0 Å². The molecule has 8 heteroatoms. The lowest BCUT2D eigenvalue weighted by Gasteiger charge is -2.27. The maximum Gasteiger partial charge on any atom is 0.244 e. The van der Waals surface area contributed by atoms with E-state index in [0.29, 0.717) is 24.7 Å². The average molecular weight is 386 g/mol. The molecule has 0 atom stereocenters. The highest BCUT2D eigenvalue weighted by Gasteiger charge is 2.23.